The van der Waals surface area contributed by atoms with Crippen LogP contribution in [-0.4, -0.2) is 25.2 Å². The van der Waals surface area contributed by atoms with E-state index in [9.17, 15) is 4.79 Å². The van der Waals surface area contributed by atoms with Gasteiger partial charge in [0.2, 0.25) is 0 Å². The number of thiazole rings is 1. The molecule has 0 atom stereocenters. The molecule has 2 aromatic carbocycles. The minimum atomic E-state index is -0.450. The number of para-hydroxylation sites is 1. The molecule has 6 heteroatoms. The molecule has 0 aliphatic heterocycles. The van der Waals surface area contributed by atoms with Crippen LogP contribution in [-0.2, 0) is 16.1 Å². The predicted molar refractivity (Wildman–Crippen MR) is 106 cm³/mol. The third-order valence-corrected chi connectivity index (χ3v) is 4.71. The van der Waals surface area contributed by atoms with E-state index in [1.807, 2.05) is 47.8 Å². The van der Waals surface area contributed by atoms with Gasteiger partial charge in [-0.1, -0.05) is 42.5 Å². The average molecular weight is 381 g/mol. The van der Waals surface area contributed by atoms with Crippen LogP contribution in [0, 0.1) is 0 Å². The summed E-state index contributed by atoms with van der Waals surface area (Å²) < 4.78 is 15.9. The van der Waals surface area contributed by atoms with Crippen molar-refractivity contribution < 1.29 is 19.0 Å². The van der Waals surface area contributed by atoms with Crippen molar-refractivity contribution in [3.8, 4) is 22.1 Å². The maximum atomic E-state index is 12.0. The Morgan fingerprint density at radius 1 is 1.07 bits per heavy atom. The summed E-state index contributed by atoms with van der Waals surface area (Å²) in [7, 11) is 3.12. The molecule has 138 valence electrons. The van der Waals surface area contributed by atoms with E-state index in [0.717, 1.165) is 21.8 Å². The molecule has 0 amide bonds. The van der Waals surface area contributed by atoms with E-state index in [4.69, 9.17) is 14.2 Å². The lowest BCUT2D eigenvalue weighted by Gasteiger charge is -2.09. The van der Waals surface area contributed by atoms with E-state index in [-0.39, 0.29) is 6.61 Å². The molecule has 1 heterocycles. The minimum absolute atomic E-state index is 0.127. The lowest BCUT2D eigenvalue weighted by molar-refractivity contribution is -0.139. The van der Waals surface area contributed by atoms with Crippen LogP contribution in [0.5, 0.6) is 11.5 Å². The first-order valence-electron chi connectivity index (χ1n) is 8.27. The van der Waals surface area contributed by atoms with Crippen LogP contribution in [0.3, 0.4) is 0 Å². The van der Waals surface area contributed by atoms with E-state index in [1.165, 1.54) is 17.4 Å². The monoisotopic (exact) mass is 381 g/mol. The number of hydrogen-bond donors (Lipinski definition) is 0. The van der Waals surface area contributed by atoms with Gasteiger partial charge < -0.3 is 14.2 Å². The molecular formula is C21H19NO4S. The molecule has 3 rings (SSSR count). The molecule has 1 aromatic heterocycles. The van der Waals surface area contributed by atoms with Gasteiger partial charge in [0.05, 0.1) is 19.9 Å². The van der Waals surface area contributed by atoms with E-state index < -0.39 is 5.97 Å². The Labute approximate surface area is 161 Å². The Balaban J connectivity index is 1.61. The normalized spacial score (nSPS) is 10.7. The van der Waals surface area contributed by atoms with Crippen molar-refractivity contribution in [2.45, 2.75) is 6.61 Å². The van der Waals surface area contributed by atoms with Crippen LogP contribution in [0.25, 0.3) is 16.6 Å². The van der Waals surface area contributed by atoms with Gasteiger partial charge in [0.1, 0.15) is 11.6 Å². The van der Waals surface area contributed by atoms with Crippen molar-refractivity contribution in [2.24, 2.45) is 0 Å². The van der Waals surface area contributed by atoms with Crippen LogP contribution in [0.4, 0.5) is 0 Å². The van der Waals surface area contributed by atoms with Crippen LogP contribution < -0.4 is 9.47 Å². The fraction of sp³-hybridized carbons (Fsp3) is 0.143. The number of rotatable bonds is 7. The van der Waals surface area contributed by atoms with Crippen molar-refractivity contribution in [2.75, 3.05) is 14.2 Å². The predicted octanol–water partition coefficient (Wildman–Crippen LogP) is 4.58. The zero-order valence-corrected chi connectivity index (χ0v) is 15.9. The van der Waals surface area contributed by atoms with E-state index in [0.29, 0.717) is 11.5 Å². The molecule has 0 saturated carbocycles. The quantitative estimate of drug-likeness (QED) is 0.443. The molecule has 0 aliphatic carbocycles. The maximum absolute atomic E-state index is 12.0. The van der Waals surface area contributed by atoms with Crippen LogP contribution in [0.1, 0.15) is 11.3 Å². The molecule has 27 heavy (non-hydrogen) atoms. The van der Waals surface area contributed by atoms with Gasteiger partial charge in [-0.2, -0.15) is 0 Å². The molecule has 0 saturated heterocycles. The zero-order valence-electron chi connectivity index (χ0n) is 15.0. The second-order valence-electron chi connectivity index (χ2n) is 5.53. The van der Waals surface area contributed by atoms with Gasteiger partial charge in [-0.3, -0.25) is 0 Å². The van der Waals surface area contributed by atoms with Crippen molar-refractivity contribution >= 4 is 23.4 Å². The summed E-state index contributed by atoms with van der Waals surface area (Å²) in [5.74, 6) is 0.717. The van der Waals surface area contributed by atoms with Crippen molar-refractivity contribution in [1.29, 1.82) is 0 Å². The fourth-order valence-corrected chi connectivity index (χ4v) is 3.29. The van der Waals surface area contributed by atoms with Gasteiger partial charge in [0, 0.05) is 22.6 Å². The molecule has 3 aromatic rings. The van der Waals surface area contributed by atoms with E-state index in [1.54, 1.807) is 26.4 Å². The van der Waals surface area contributed by atoms with E-state index >= 15 is 0 Å². The topological polar surface area (TPSA) is 57.7 Å². The smallest absolute Gasteiger partial charge is 0.331 e. The summed E-state index contributed by atoms with van der Waals surface area (Å²) in [5, 5.41) is 2.79. The highest BCUT2D eigenvalue weighted by Crippen LogP contribution is 2.31. The summed E-state index contributed by atoms with van der Waals surface area (Å²) in [6.07, 6.45) is 3.00. The van der Waals surface area contributed by atoms with Gasteiger partial charge >= 0.3 is 5.97 Å². The molecule has 0 aliphatic rings. The summed E-state index contributed by atoms with van der Waals surface area (Å²) in [6.45, 7) is 0.127. The van der Waals surface area contributed by atoms with Gasteiger partial charge in [-0.15, -0.1) is 11.3 Å². The van der Waals surface area contributed by atoms with Crippen LogP contribution in [0.15, 0.2) is 60.0 Å². The molecule has 0 spiro atoms. The fourth-order valence-electron chi connectivity index (χ4n) is 2.48. The highest BCUT2D eigenvalue weighted by Gasteiger charge is 2.09. The number of ether oxygens (including phenoxy) is 3. The molecule has 0 N–H and O–H groups in total. The molecule has 0 radical (unpaired) electrons. The number of hydrogen-bond acceptors (Lipinski definition) is 6. The molecule has 5 nitrogen and oxygen atoms in total. The number of carbonyl (C=O) groups excluding carboxylic acids is 1. The average Bonchev–Trinajstić information content (AvgIpc) is 3.20. The summed E-state index contributed by atoms with van der Waals surface area (Å²) in [4.78, 5) is 16.5. The van der Waals surface area contributed by atoms with Crippen LogP contribution >= 0.6 is 11.3 Å². The first-order valence-corrected chi connectivity index (χ1v) is 9.15. The van der Waals surface area contributed by atoms with Gasteiger partial charge in [-0.25, -0.2) is 9.78 Å². The molecule has 0 unspecified atom stereocenters. The zero-order chi connectivity index (χ0) is 19.1. The van der Waals surface area contributed by atoms with Crippen LogP contribution in [0.2, 0.25) is 0 Å². The number of carbonyl (C=O) groups is 1. The molecule has 0 fully saturated rings. The SMILES string of the molecule is COc1cccc(/C=C/C(=O)OCc2csc(-c3ccccc3)n2)c1OC. The second kappa shape index (κ2) is 9.00. The van der Waals surface area contributed by atoms with Crippen molar-refractivity contribution in [3.63, 3.8) is 0 Å². The number of esters is 1. The number of benzene rings is 2. The van der Waals surface area contributed by atoms with Gasteiger partial charge in [0.25, 0.3) is 0 Å². The first kappa shape index (κ1) is 18.7. The standard InChI is InChI=1S/C21H19NO4S/c1-24-18-10-6-9-15(20(18)25-2)11-12-19(23)26-13-17-14-27-21(22-17)16-7-4-3-5-8-16/h3-12,14H,13H2,1-2H3/b12-11+. The Morgan fingerprint density at radius 2 is 1.89 bits per heavy atom. The summed E-state index contributed by atoms with van der Waals surface area (Å²) in [6, 6.07) is 15.3. The Kier molecular flexibility index (Phi) is 6.22. The third-order valence-electron chi connectivity index (χ3n) is 3.77. The number of aromatic nitrogens is 1. The minimum Gasteiger partial charge on any atom is -0.493 e. The van der Waals surface area contributed by atoms with Crippen molar-refractivity contribution in [3.05, 3.63) is 71.2 Å². The first-order chi connectivity index (χ1) is 13.2. The Bertz CT molecular complexity index is 934. The highest BCUT2D eigenvalue weighted by atomic mass is 32.1. The van der Waals surface area contributed by atoms with Gasteiger partial charge in [0.15, 0.2) is 11.5 Å². The lowest BCUT2D eigenvalue weighted by Crippen LogP contribution is -2.01. The van der Waals surface area contributed by atoms with Crippen molar-refractivity contribution in [1.82, 2.24) is 4.98 Å². The Morgan fingerprint density at radius 3 is 2.63 bits per heavy atom. The number of nitrogens with zero attached hydrogens (tertiary/aromatic N) is 1. The Hall–Kier alpha value is -3.12. The van der Waals surface area contributed by atoms with E-state index in [2.05, 4.69) is 4.98 Å². The highest BCUT2D eigenvalue weighted by molar-refractivity contribution is 7.13. The largest absolute Gasteiger partial charge is 0.493 e. The molecule has 0 bridgehead atoms. The third kappa shape index (κ3) is 4.74. The second-order valence-corrected chi connectivity index (χ2v) is 6.39. The lowest BCUT2D eigenvalue weighted by atomic mass is 10.1. The maximum Gasteiger partial charge on any atom is 0.331 e. The molecular weight excluding hydrogens is 362 g/mol. The summed E-state index contributed by atoms with van der Waals surface area (Å²) >= 11 is 1.52. The number of methoxy groups -OCH3 is 2. The van der Waals surface area contributed by atoms with Gasteiger partial charge in [-0.05, 0) is 12.1 Å². The summed E-state index contributed by atoms with van der Waals surface area (Å²) in [5.41, 5.74) is 2.50.